The van der Waals surface area contributed by atoms with Gasteiger partial charge in [-0.15, -0.1) is 0 Å². The Morgan fingerprint density at radius 1 is 1.60 bits per heavy atom. The summed E-state index contributed by atoms with van der Waals surface area (Å²) in [6, 6.07) is 0. The molecule has 1 saturated carbocycles. The largest absolute Gasteiger partial charge is 0.411 e. The Labute approximate surface area is 92.1 Å². The number of nitrogens with zero attached hydrogens (tertiary/aromatic N) is 1. The van der Waals surface area contributed by atoms with Gasteiger partial charge in [-0.05, 0) is 31.1 Å². The molecule has 2 rings (SSSR count). The average Bonchev–Trinajstić information content (AvgIpc) is 2.16. The van der Waals surface area contributed by atoms with E-state index < -0.39 is 0 Å². The standard InChI is InChI=1S/C13H21NO/c1-9(2)8-10-11-6-4-5-7-13(11,3)12(10)14-15/h4,6,9-11,15H,5,7-8H2,1-3H3/b14-12+. The van der Waals surface area contributed by atoms with Gasteiger partial charge >= 0.3 is 0 Å². The van der Waals surface area contributed by atoms with E-state index in [1.54, 1.807) is 0 Å². The van der Waals surface area contributed by atoms with Gasteiger partial charge < -0.3 is 5.21 Å². The summed E-state index contributed by atoms with van der Waals surface area (Å²) in [6.45, 7) is 6.71. The van der Waals surface area contributed by atoms with Crippen molar-refractivity contribution in [3.8, 4) is 0 Å². The molecule has 0 radical (unpaired) electrons. The molecule has 1 N–H and O–H groups in total. The van der Waals surface area contributed by atoms with Gasteiger partial charge in [-0.25, -0.2) is 0 Å². The lowest BCUT2D eigenvalue weighted by atomic mass is 9.48. The highest BCUT2D eigenvalue weighted by Crippen LogP contribution is 2.55. The van der Waals surface area contributed by atoms with Gasteiger partial charge in [0, 0.05) is 11.3 Å². The first-order valence-electron chi connectivity index (χ1n) is 5.98. The van der Waals surface area contributed by atoms with Crippen LogP contribution in [0, 0.1) is 23.2 Å². The van der Waals surface area contributed by atoms with E-state index in [2.05, 4.69) is 38.1 Å². The highest BCUT2D eigenvalue weighted by Gasteiger charge is 2.55. The fraction of sp³-hybridized carbons (Fsp3) is 0.769. The van der Waals surface area contributed by atoms with Crippen molar-refractivity contribution >= 4 is 5.71 Å². The predicted molar refractivity (Wildman–Crippen MR) is 62.1 cm³/mol. The van der Waals surface area contributed by atoms with Crippen molar-refractivity contribution in [2.45, 2.75) is 40.0 Å². The molecule has 2 heteroatoms. The maximum Gasteiger partial charge on any atom is 0.0672 e. The molecule has 84 valence electrons. The molecular formula is C13H21NO. The molecule has 0 spiro atoms. The van der Waals surface area contributed by atoms with E-state index in [0.29, 0.717) is 17.8 Å². The zero-order valence-electron chi connectivity index (χ0n) is 9.90. The van der Waals surface area contributed by atoms with Crippen LogP contribution in [-0.4, -0.2) is 10.9 Å². The number of allylic oxidation sites excluding steroid dienone is 2. The van der Waals surface area contributed by atoms with Crippen LogP contribution in [0.2, 0.25) is 0 Å². The van der Waals surface area contributed by atoms with Gasteiger partial charge in [-0.2, -0.15) is 0 Å². The highest BCUT2D eigenvalue weighted by atomic mass is 16.4. The number of fused-ring (bicyclic) bond motifs is 1. The summed E-state index contributed by atoms with van der Waals surface area (Å²) in [4.78, 5) is 0. The average molecular weight is 207 g/mol. The second-order valence-corrected chi connectivity index (χ2v) is 5.63. The van der Waals surface area contributed by atoms with Crippen molar-refractivity contribution in [3.05, 3.63) is 12.2 Å². The van der Waals surface area contributed by atoms with Crippen LogP contribution in [0.15, 0.2) is 17.3 Å². The van der Waals surface area contributed by atoms with Crippen LogP contribution in [0.5, 0.6) is 0 Å². The molecular weight excluding hydrogens is 186 g/mol. The lowest BCUT2D eigenvalue weighted by Gasteiger charge is -2.55. The smallest absolute Gasteiger partial charge is 0.0672 e. The maximum absolute atomic E-state index is 9.14. The second-order valence-electron chi connectivity index (χ2n) is 5.63. The zero-order valence-corrected chi connectivity index (χ0v) is 9.90. The SMILES string of the molecule is CC(C)CC1/C(=N\O)C2(C)CCC=CC12. The summed E-state index contributed by atoms with van der Waals surface area (Å²) in [5.41, 5.74) is 1.20. The van der Waals surface area contributed by atoms with E-state index in [4.69, 9.17) is 5.21 Å². The molecule has 0 aliphatic heterocycles. The molecule has 0 aromatic rings. The fourth-order valence-electron chi connectivity index (χ4n) is 3.33. The number of hydrogen-bond donors (Lipinski definition) is 1. The summed E-state index contributed by atoms with van der Waals surface area (Å²) in [6.07, 6.45) is 8.03. The molecule has 0 heterocycles. The van der Waals surface area contributed by atoms with E-state index in [1.165, 1.54) is 0 Å². The quantitative estimate of drug-likeness (QED) is 0.420. The Kier molecular flexibility index (Phi) is 2.61. The molecule has 0 saturated heterocycles. The first-order chi connectivity index (χ1) is 7.09. The van der Waals surface area contributed by atoms with E-state index in [9.17, 15) is 0 Å². The van der Waals surface area contributed by atoms with Gasteiger partial charge in [0.2, 0.25) is 0 Å². The summed E-state index contributed by atoms with van der Waals surface area (Å²) in [5, 5.41) is 12.7. The predicted octanol–water partition coefficient (Wildman–Crippen LogP) is 3.47. The Bertz CT molecular complexity index is 306. The maximum atomic E-state index is 9.14. The van der Waals surface area contributed by atoms with Crippen LogP contribution in [0.25, 0.3) is 0 Å². The molecule has 3 atom stereocenters. The highest BCUT2D eigenvalue weighted by molar-refractivity contribution is 5.98. The second kappa shape index (κ2) is 3.66. The number of oxime groups is 1. The van der Waals surface area contributed by atoms with Crippen LogP contribution in [0.4, 0.5) is 0 Å². The molecule has 0 aromatic heterocycles. The van der Waals surface area contributed by atoms with Gasteiger partial charge in [0.05, 0.1) is 5.71 Å². The summed E-state index contributed by atoms with van der Waals surface area (Å²) in [7, 11) is 0. The lowest BCUT2D eigenvalue weighted by Crippen LogP contribution is -2.56. The fourth-order valence-corrected chi connectivity index (χ4v) is 3.33. The van der Waals surface area contributed by atoms with Gasteiger partial charge in [-0.3, -0.25) is 0 Å². The van der Waals surface area contributed by atoms with Crippen molar-refractivity contribution in [2.75, 3.05) is 0 Å². The first-order valence-corrected chi connectivity index (χ1v) is 5.98. The Morgan fingerprint density at radius 2 is 2.33 bits per heavy atom. The molecule has 3 unspecified atom stereocenters. The van der Waals surface area contributed by atoms with Crippen LogP contribution in [-0.2, 0) is 0 Å². The van der Waals surface area contributed by atoms with Crippen molar-refractivity contribution in [2.24, 2.45) is 28.3 Å². The number of rotatable bonds is 2. The minimum atomic E-state index is 0.156. The van der Waals surface area contributed by atoms with Gasteiger partial charge in [0.1, 0.15) is 0 Å². The van der Waals surface area contributed by atoms with E-state index in [0.717, 1.165) is 25.0 Å². The monoisotopic (exact) mass is 207 g/mol. The van der Waals surface area contributed by atoms with Crippen LogP contribution >= 0.6 is 0 Å². The number of hydrogen-bond acceptors (Lipinski definition) is 2. The van der Waals surface area contributed by atoms with E-state index in [-0.39, 0.29) is 5.41 Å². The molecule has 15 heavy (non-hydrogen) atoms. The topological polar surface area (TPSA) is 32.6 Å². The van der Waals surface area contributed by atoms with Crippen LogP contribution in [0.1, 0.15) is 40.0 Å². The molecule has 1 fully saturated rings. The molecule has 2 aliphatic rings. The van der Waals surface area contributed by atoms with Gasteiger partial charge in [0.15, 0.2) is 0 Å². The first kappa shape index (κ1) is 10.7. The minimum absolute atomic E-state index is 0.156. The Balaban J connectivity index is 2.20. The van der Waals surface area contributed by atoms with E-state index in [1.807, 2.05) is 0 Å². The Morgan fingerprint density at radius 3 is 2.93 bits per heavy atom. The van der Waals surface area contributed by atoms with Crippen molar-refractivity contribution < 1.29 is 5.21 Å². The minimum Gasteiger partial charge on any atom is -0.411 e. The molecule has 0 amide bonds. The van der Waals surface area contributed by atoms with Crippen molar-refractivity contribution in [3.63, 3.8) is 0 Å². The molecule has 2 aliphatic carbocycles. The summed E-state index contributed by atoms with van der Waals surface area (Å²) >= 11 is 0. The van der Waals surface area contributed by atoms with E-state index >= 15 is 0 Å². The van der Waals surface area contributed by atoms with Crippen LogP contribution < -0.4 is 0 Å². The van der Waals surface area contributed by atoms with Crippen molar-refractivity contribution in [1.82, 2.24) is 0 Å². The third-order valence-corrected chi connectivity index (χ3v) is 4.11. The normalized spacial score (nSPS) is 41.7. The molecule has 2 nitrogen and oxygen atoms in total. The Hall–Kier alpha value is -0.790. The zero-order chi connectivity index (χ0) is 11.1. The van der Waals surface area contributed by atoms with Gasteiger partial charge in [-0.1, -0.05) is 38.1 Å². The summed E-state index contributed by atoms with van der Waals surface area (Å²) in [5.74, 6) is 1.77. The van der Waals surface area contributed by atoms with Crippen molar-refractivity contribution in [1.29, 1.82) is 0 Å². The van der Waals surface area contributed by atoms with Gasteiger partial charge in [0.25, 0.3) is 0 Å². The molecule has 0 aromatic carbocycles. The third kappa shape index (κ3) is 1.51. The summed E-state index contributed by atoms with van der Waals surface area (Å²) < 4.78 is 0. The lowest BCUT2D eigenvalue weighted by molar-refractivity contribution is 0.140. The molecule has 0 bridgehead atoms. The third-order valence-electron chi connectivity index (χ3n) is 4.11. The van der Waals surface area contributed by atoms with Crippen LogP contribution in [0.3, 0.4) is 0 Å².